The Labute approximate surface area is 135 Å². The predicted octanol–water partition coefficient (Wildman–Crippen LogP) is 1.87. The second-order valence-corrected chi connectivity index (χ2v) is 5.86. The zero-order chi connectivity index (χ0) is 16.8. The van der Waals surface area contributed by atoms with E-state index in [1.165, 1.54) is 0 Å². The van der Waals surface area contributed by atoms with Gasteiger partial charge in [-0.05, 0) is 32.0 Å². The Bertz CT molecular complexity index is 532. The van der Waals surface area contributed by atoms with Gasteiger partial charge in [0, 0.05) is 38.3 Å². The van der Waals surface area contributed by atoms with Crippen LogP contribution in [0.2, 0.25) is 0 Å². The lowest BCUT2D eigenvalue weighted by Crippen LogP contribution is -2.48. The Morgan fingerprint density at radius 1 is 1.26 bits per heavy atom. The van der Waals surface area contributed by atoms with Gasteiger partial charge in [-0.3, -0.25) is 4.90 Å². The molecule has 128 valence electrons. The number of nitrogens with one attached hydrogen (secondary N) is 2. The summed E-state index contributed by atoms with van der Waals surface area (Å²) < 4.78 is 32.1. The first-order valence-corrected chi connectivity index (χ1v) is 7.77. The third-order valence-corrected chi connectivity index (χ3v) is 3.66. The molecular formula is C16H23F2N3O2. The van der Waals surface area contributed by atoms with Crippen LogP contribution < -0.4 is 10.6 Å². The van der Waals surface area contributed by atoms with Gasteiger partial charge in [-0.2, -0.15) is 0 Å². The number of hydrogen-bond donors (Lipinski definition) is 2. The summed E-state index contributed by atoms with van der Waals surface area (Å²) in [6.07, 6.45) is 0.368. The molecule has 2 rings (SSSR count). The number of carbonyl (C=O) groups is 1. The molecule has 23 heavy (non-hydrogen) atoms. The van der Waals surface area contributed by atoms with Gasteiger partial charge in [0.05, 0.1) is 12.2 Å². The summed E-state index contributed by atoms with van der Waals surface area (Å²) in [5, 5.41) is 5.24. The zero-order valence-electron chi connectivity index (χ0n) is 13.4. The molecule has 2 amide bonds. The number of ether oxygens (including phenoxy) is 1. The van der Waals surface area contributed by atoms with Crippen molar-refractivity contribution in [3.8, 4) is 0 Å². The zero-order valence-corrected chi connectivity index (χ0v) is 13.4. The van der Waals surface area contributed by atoms with E-state index in [9.17, 15) is 13.6 Å². The first kappa shape index (κ1) is 17.6. The summed E-state index contributed by atoms with van der Waals surface area (Å²) in [7, 11) is 0. The van der Waals surface area contributed by atoms with Gasteiger partial charge in [-0.1, -0.05) is 0 Å². The van der Waals surface area contributed by atoms with Gasteiger partial charge in [0.1, 0.15) is 11.6 Å². The summed E-state index contributed by atoms with van der Waals surface area (Å²) in [5.41, 5.74) is 0.121. The Hall–Kier alpha value is -1.73. The van der Waals surface area contributed by atoms with Crippen LogP contribution in [0.3, 0.4) is 0 Å². The van der Waals surface area contributed by atoms with Crippen molar-refractivity contribution in [2.24, 2.45) is 0 Å². The number of halogens is 2. The lowest BCUT2D eigenvalue weighted by molar-refractivity contribution is -0.0672. The number of carbonyl (C=O) groups excluding carboxylic acids is 1. The number of morpholine rings is 1. The predicted molar refractivity (Wildman–Crippen MR) is 83.0 cm³/mol. The molecule has 1 aliphatic heterocycles. The molecular weight excluding hydrogens is 304 g/mol. The quantitative estimate of drug-likeness (QED) is 0.868. The fraction of sp³-hybridized carbons (Fsp3) is 0.562. The Kier molecular flexibility index (Phi) is 6.29. The lowest BCUT2D eigenvalue weighted by Gasteiger charge is -2.35. The monoisotopic (exact) mass is 327 g/mol. The van der Waals surface area contributed by atoms with Gasteiger partial charge in [0.2, 0.25) is 0 Å². The highest BCUT2D eigenvalue weighted by atomic mass is 19.1. The maximum absolute atomic E-state index is 13.4. The van der Waals surface area contributed by atoms with Crippen LogP contribution >= 0.6 is 0 Å². The van der Waals surface area contributed by atoms with Crippen LogP contribution in [0.5, 0.6) is 0 Å². The van der Waals surface area contributed by atoms with Crippen molar-refractivity contribution >= 4 is 6.03 Å². The molecule has 1 aromatic carbocycles. The minimum absolute atomic E-state index is 0.0545. The highest BCUT2D eigenvalue weighted by Crippen LogP contribution is 2.10. The normalized spacial score (nSPS) is 21.9. The van der Waals surface area contributed by atoms with E-state index in [2.05, 4.69) is 15.5 Å². The highest BCUT2D eigenvalue weighted by Gasteiger charge is 2.21. The summed E-state index contributed by atoms with van der Waals surface area (Å²) >= 11 is 0. The lowest BCUT2D eigenvalue weighted by atomic mass is 10.2. The minimum Gasteiger partial charge on any atom is -0.373 e. The van der Waals surface area contributed by atoms with E-state index in [0.29, 0.717) is 6.54 Å². The number of hydrogen-bond acceptors (Lipinski definition) is 3. The third kappa shape index (κ3) is 5.76. The van der Waals surface area contributed by atoms with Gasteiger partial charge >= 0.3 is 6.03 Å². The molecule has 0 bridgehead atoms. The van der Waals surface area contributed by atoms with E-state index in [4.69, 9.17) is 4.74 Å². The molecule has 2 atom stereocenters. The number of benzene rings is 1. The summed E-state index contributed by atoms with van der Waals surface area (Å²) in [5.74, 6) is -1.07. The van der Waals surface area contributed by atoms with Gasteiger partial charge in [-0.15, -0.1) is 0 Å². The molecule has 0 saturated carbocycles. The molecule has 1 fully saturated rings. The Morgan fingerprint density at radius 2 is 1.96 bits per heavy atom. The maximum Gasteiger partial charge on any atom is 0.315 e. The number of nitrogens with zero attached hydrogens (tertiary/aromatic N) is 1. The van der Waals surface area contributed by atoms with Crippen molar-refractivity contribution < 1.29 is 18.3 Å². The van der Waals surface area contributed by atoms with E-state index >= 15 is 0 Å². The Balaban J connectivity index is 1.68. The molecule has 5 nitrogen and oxygen atoms in total. The summed E-state index contributed by atoms with van der Waals surface area (Å²) in [6, 6.07) is 2.77. The van der Waals surface area contributed by atoms with Crippen LogP contribution in [0.25, 0.3) is 0 Å². The fourth-order valence-corrected chi connectivity index (χ4v) is 2.71. The van der Waals surface area contributed by atoms with Crippen LogP contribution in [0, 0.1) is 11.6 Å². The smallest absolute Gasteiger partial charge is 0.315 e. The molecule has 1 heterocycles. The average Bonchev–Trinajstić information content (AvgIpc) is 2.47. The second-order valence-electron chi connectivity index (χ2n) is 5.86. The second kappa shape index (κ2) is 8.21. The summed E-state index contributed by atoms with van der Waals surface area (Å²) in [4.78, 5) is 13.9. The standard InChI is InChI=1S/C16H23F2N3O2/c1-11-9-21(10-12(2)23-11)6-5-19-16(22)20-8-13-7-14(17)3-4-15(13)18/h3-4,7,11-12H,5-6,8-10H2,1-2H3,(H2,19,20,22). The van der Waals surface area contributed by atoms with E-state index in [0.717, 1.165) is 37.8 Å². The minimum atomic E-state index is -0.539. The van der Waals surface area contributed by atoms with Crippen LogP contribution in [0.1, 0.15) is 19.4 Å². The van der Waals surface area contributed by atoms with Crippen molar-refractivity contribution in [2.75, 3.05) is 26.2 Å². The molecule has 0 aliphatic carbocycles. The molecule has 0 radical (unpaired) electrons. The fourth-order valence-electron chi connectivity index (χ4n) is 2.71. The van der Waals surface area contributed by atoms with Gasteiger partial charge in [0.25, 0.3) is 0 Å². The number of rotatable bonds is 5. The molecule has 2 unspecified atom stereocenters. The number of amides is 2. The number of urea groups is 1. The van der Waals surface area contributed by atoms with E-state index in [-0.39, 0.29) is 24.3 Å². The largest absolute Gasteiger partial charge is 0.373 e. The van der Waals surface area contributed by atoms with Crippen LogP contribution in [-0.4, -0.2) is 49.3 Å². The Morgan fingerprint density at radius 3 is 2.65 bits per heavy atom. The van der Waals surface area contributed by atoms with Crippen molar-refractivity contribution in [3.63, 3.8) is 0 Å². The van der Waals surface area contributed by atoms with E-state index in [1.807, 2.05) is 13.8 Å². The topological polar surface area (TPSA) is 53.6 Å². The van der Waals surface area contributed by atoms with Gasteiger partial charge in [-0.25, -0.2) is 13.6 Å². The molecule has 0 spiro atoms. The van der Waals surface area contributed by atoms with Gasteiger partial charge in [0.15, 0.2) is 0 Å². The van der Waals surface area contributed by atoms with E-state index < -0.39 is 17.7 Å². The molecule has 1 saturated heterocycles. The van der Waals surface area contributed by atoms with Crippen molar-refractivity contribution in [1.29, 1.82) is 0 Å². The van der Waals surface area contributed by atoms with Crippen LogP contribution in [0.15, 0.2) is 18.2 Å². The SMILES string of the molecule is CC1CN(CCNC(=O)NCc2cc(F)ccc2F)CC(C)O1. The first-order valence-electron chi connectivity index (χ1n) is 7.77. The van der Waals surface area contributed by atoms with E-state index in [1.54, 1.807) is 0 Å². The summed E-state index contributed by atoms with van der Waals surface area (Å²) in [6.45, 7) is 6.87. The van der Waals surface area contributed by atoms with Crippen LogP contribution in [0.4, 0.5) is 13.6 Å². The van der Waals surface area contributed by atoms with Crippen molar-refractivity contribution in [2.45, 2.75) is 32.6 Å². The average molecular weight is 327 g/mol. The molecule has 7 heteroatoms. The van der Waals surface area contributed by atoms with Crippen LogP contribution in [-0.2, 0) is 11.3 Å². The molecule has 0 aromatic heterocycles. The van der Waals surface area contributed by atoms with Gasteiger partial charge < -0.3 is 15.4 Å². The van der Waals surface area contributed by atoms with Crippen molar-refractivity contribution in [1.82, 2.24) is 15.5 Å². The maximum atomic E-state index is 13.4. The third-order valence-electron chi connectivity index (χ3n) is 3.66. The van der Waals surface area contributed by atoms with Crippen molar-refractivity contribution in [3.05, 3.63) is 35.4 Å². The highest BCUT2D eigenvalue weighted by molar-refractivity contribution is 5.73. The molecule has 1 aliphatic rings. The molecule has 2 N–H and O–H groups in total. The first-order chi connectivity index (χ1) is 10.9. The molecule has 1 aromatic rings.